The molecule has 248 valence electrons. The van der Waals surface area contributed by atoms with Gasteiger partial charge < -0.3 is 4.90 Å². The SMILES string of the molecule is Cc1ccccc1CC1(Cc2ccccc2C)C(=CC=CC2=[N+](CCC(C)C)c3ccccc3C2(C)C)N(C)c2ccc3ccccc3c21. The zero-order valence-corrected chi connectivity index (χ0v) is 30.4. The number of para-hydroxylation sites is 1. The third kappa shape index (κ3) is 5.76. The van der Waals surface area contributed by atoms with E-state index >= 15 is 0 Å². The van der Waals surface area contributed by atoms with Gasteiger partial charge in [0.1, 0.15) is 6.54 Å². The Bertz CT molecular complexity index is 2070. The Morgan fingerprint density at radius 1 is 0.735 bits per heavy atom. The first kappa shape index (κ1) is 32.8. The van der Waals surface area contributed by atoms with E-state index in [0.717, 1.165) is 25.8 Å². The second-order valence-electron chi connectivity index (χ2n) is 15.3. The van der Waals surface area contributed by atoms with Crippen LogP contribution in [0, 0.1) is 19.8 Å². The molecular formula is C47H51N2+. The molecule has 7 rings (SSSR count). The van der Waals surface area contributed by atoms with Gasteiger partial charge in [0.2, 0.25) is 5.69 Å². The molecule has 2 heterocycles. The highest BCUT2D eigenvalue weighted by atomic mass is 15.2. The quantitative estimate of drug-likeness (QED) is 0.145. The molecule has 2 heteroatoms. The smallest absolute Gasteiger partial charge is 0.209 e. The summed E-state index contributed by atoms with van der Waals surface area (Å²) in [5.74, 6) is 0.646. The number of allylic oxidation sites excluding steroid dienone is 4. The Hall–Kier alpha value is -4.69. The summed E-state index contributed by atoms with van der Waals surface area (Å²) in [6.07, 6.45) is 10.2. The summed E-state index contributed by atoms with van der Waals surface area (Å²) in [7, 11) is 2.28. The van der Waals surface area contributed by atoms with E-state index < -0.39 is 0 Å². The first-order valence-electron chi connectivity index (χ1n) is 18.1. The minimum Gasteiger partial charge on any atom is -0.347 e. The number of likely N-dealkylation sites (N-methyl/N-ethyl adjacent to an activating group) is 1. The van der Waals surface area contributed by atoms with Crippen LogP contribution in [0.25, 0.3) is 10.8 Å². The molecule has 5 aromatic rings. The highest BCUT2D eigenvalue weighted by Crippen LogP contribution is 2.54. The molecule has 0 aliphatic carbocycles. The molecule has 0 spiro atoms. The molecule has 0 aromatic heterocycles. The van der Waals surface area contributed by atoms with Crippen LogP contribution in [0.3, 0.4) is 0 Å². The summed E-state index contributed by atoms with van der Waals surface area (Å²) < 4.78 is 2.58. The molecule has 0 saturated heterocycles. The molecule has 2 aliphatic rings. The third-order valence-corrected chi connectivity index (χ3v) is 11.3. The van der Waals surface area contributed by atoms with Crippen LogP contribution in [0.1, 0.15) is 67.5 Å². The van der Waals surface area contributed by atoms with Crippen LogP contribution in [0.4, 0.5) is 11.4 Å². The maximum Gasteiger partial charge on any atom is 0.209 e. The van der Waals surface area contributed by atoms with Crippen molar-refractivity contribution >= 4 is 27.9 Å². The van der Waals surface area contributed by atoms with Crippen LogP contribution in [-0.4, -0.2) is 23.9 Å². The fraction of sp³-hybridized carbons (Fsp3) is 0.298. The van der Waals surface area contributed by atoms with Crippen LogP contribution in [-0.2, 0) is 23.7 Å². The molecule has 0 radical (unpaired) electrons. The maximum absolute atomic E-state index is 2.58. The number of anilines is 1. The van der Waals surface area contributed by atoms with E-state index in [0.29, 0.717) is 5.92 Å². The molecule has 2 aliphatic heterocycles. The normalized spacial score (nSPS) is 17.1. The second kappa shape index (κ2) is 13.0. The molecule has 0 N–H and O–H groups in total. The minimum atomic E-state index is -0.274. The highest BCUT2D eigenvalue weighted by Gasteiger charge is 2.48. The lowest BCUT2D eigenvalue weighted by atomic mass is 9.68. The van der Waals surface area contributed by atoms with Crippen molar-refractivity contribution in [2.24, 2.45) is 5.92 Å². The number of hydrogen-bond acceptors (Lipinski definition) is 1. The molecule has 0 unspecified atom stereocenters. The summed E-state index contributed by atoms with van der Waals surface area (Å²) in [6, 6.07) is 40.6. The fourth-order valence-corrected chi connectivity index (χ4v) is 8.58. The predicted octanol–water partition coefficient (Wildman–Crippen LogP) is 11.2. The average molecular weight is 644 g/mol. The molecule has 0 atom stereocenters. The van der Waals surface area contributed by atoms with Crippen LogP contribution in [0.5, 0.6) is 0 Å². The van der Waals surface area contributed by atoms with Crippen molar-refractivity contribution in [1.29, 1.82) is 0 Å². The molecule has 5 aromatic carbocycles. The molecule has 0 saturated carbocycles. The number of benzene rings is 5. The van der Waals surface area contributed by atoms with Gasteiger partial charge >= 0.3 is 0 Å². The lowest BCUT2D eigenvalue weighted by molar-refractivity contribution is -0.439. The zero-order chi connectivity index (χ0) is 34.3. The van der Waals surface area contributed by atoms with Gasteiger partial charge in [-0.05, 0) is 97.2 Å². The lowest BCUT2D eigenvalue weighted by Crippen LogP contribution is -2.35. The van der Waals surface area contributed by atoms with E-state index in [-0.39, 0.29) is 10.8 Å². The van der Waals surface area contributed by atoms with Crippen LogP contribution in [0.2, 0.25) is 0 Å². The Labute approximate surface area is 294 Å². The summed E-state index contributed by atoms with van der Waals surface area (Å²) >= 11 is 0. The van der Waals surface area contributed by atoms with Gasteiger partial charge in [0, 0.05) is 48.0 Å². The first-order valence-corrected chi connectivity index (χ1v) is 18.1. The van der Waals surface area contributed by atoms with Gasteiger partial charge in [0.15, 0.2) is 5.71 Å². The number of rotatable bonds is 9. The lowest BCUT2D eigenvalue weighted by Gasteiger charge is -2.35. The van der Waals surface area contributed by atoms with Crippen molar-refractivity contribution in [3.05, 3.63) is 167 Å². The Morgan fingerprint density at radius 3 is 2.02 bits per heavy atom. The molecular weight excluding hydrogens is 593 g/mol. The number of hydrogen-bond donors (Lipinski definition) is 0. The predicted molar refractivity (Wildman–Crippen MR) is 210 cm³/mol. The van der Waals surface area contributed by atoms with E-state index in [4.69, 9.17) is 0 Å². The van der Waals surface area contributed by atoms with Gasteiger partial charge in [0.25, 0.3) is 0 Å². The largest absolute Gasteiger partial charge is 0.347 e. The second-order valence-corrected chi connectivity index (χ2v) is 15.3. The number of fused-ring (bicyclic) bond motifs is 4. The van der Waals surface area contributed by atoms with E-state index in [9.17, 15) is 0 Å². The monoisotopic (exact) mass is 643 g/mol. The summed E-state index contributed by atoms with van der Waals surface area (Å²) in [5, 5.41) is 2.65. The van der Waals surface area contributed by atoms with Crippen molar-refractivity contribution < 1.29 is 4.58 Å². The summed E-state index contributed by atoms with van der Waals surface area (Å²) in [4.78, 5) is 2.48. The van der Waals surface area contributed by atoms with Gasteiger partial charge in [-0.25, -0.2) is 0 Å². The van der Waals surface area contributed by atoms with Gasteiger partial charge in [-0.2, -0.15) is 4.58 Å². The van der Waals surface area contributed by atoms with Crippen LogP contribution >= 0.6 is 0 Å². The Morgan fingerprint density at radius 2 is 1.35 bits per heavy atom. The van der Waals surface area contributed by atoms with Crippen molar-refractivity contribution in [3.63, 3.8) is 0 Å². The standard InChI is InChI=1S/C47H51N2/c1-33(2)29-30-49-41-24-15-14-23-40(41)46(5,6)43(49)25-16-26-44-47(31-37-20-10-8-17-34(37)3,32-38-21-11-9-18-35(38)4)45-39-22-13-12-19-36(39)27-28-42(45)48(44)7/h8-28,33H,29-32H2,1-7H3/q+1. The maximum atomic E-state index is 2.58. The molecule has 49 heavy (non-hydrogen) atoms. The third-order valence-electron chi connectivity index (χ3n) is 11.3. The van der Waals surface area contributed by atoms with Gasteiger partial charge in [-0.1, -0.05) is 117 Å². The summed E-state index contributed by atoms with van der Waals surface area (Å²) in [6.45, 7) is 15.0. The molecule has 0 bridgehead atoms. The molecule has 0 amide bonds. The van der Waals surface area contributed by atoms with Crippen LogP contribution < -0.4 is 4.90 Å². The van der Waals surface area contributed by atoms with E-state index in [1.165, 1.54) is 66.9 Å². The molecule has 0 fully saturated rings. The molecule has 2 nitrogen and oxygen atoms in total. The fourth-order valence-electron chi connectivity index (χ4n) is 8.58. The Balaban J connectivity index is 1.45. The number of nitrogens with zero attached hydrogens (tertiary/aromatic N) is 2. The van der Waals surface area contributed by atoms with Crippen molar-refractivity contribution in [3.8, 4) is 0 Å². The van der Waals surface area contributed by atoms with Crippen molar-refractivity contribution in [1.82, 2.24) is 0 Å². The van der Waals surface area contributed by atoms with E-state index in [1.807, 2.05) is 0 Å². The van der Waals surface area contributed by atoms with Crippen LogP contribution in [0.15, 0.2) is 133 Å². The van der Waals surface area contributed by atoms with E-state index in [1.54, 1.807) is 0 Å². The van der Waals surface area contributed by atoms with Crippen molar-refractivity contribution in [2.75, 3.05) is 18.5 Å². The van der Waals surface area contributed by atoms with Gasteiger partial charge in [-0.15, -0.1) is 0 Å². The van der Waals surface area contributed by atoms with Gasteiger partial charge in [-0.3, -0.25) is 0 Å². The van der Waals surface area contributed by atoms with Gasteiger partial charge in [0.05, 0.1) is 5.41 Å². The zero-order valence-electron chi connectivity index (χ0n) is 30.4. The number of aryl methyl sites for hydroxylation is 2. The van der Waals surface area contributed by atoms with E-state index in [2.05, 4.69) is 185 Å². The summed E-state index contributed by atoms with van der Waals surface area (Å²) in [5.41, 5.74) is 13.4. The highest BCUT2D eigenvalue weighted by molar-refractivity contribution is 6.03. The van der Waals surface area contributed by atoms with Crippen molar-refractivity contribution in [2.45, 2.75) is 71.6 Å². The minimum absolute atomic E-state index is 0.0806. The Kier molecular flexibility index (Phi) is 8.69. The first-order chi connectivity index (χ1) is 23.6. The topological polar surface area (TPSA) is 6.25 Å². The average Bonchev–Trinajstić information content (AvgIpc) is 3.45.